The van der Waals surface area contributed by atoms with Crippen LogP contribution >= 0.6 is 0 Å². The summed E-state index contributed by atoms with van der Waals surface area (Å²) in [6, 6.07) is 12.3. The monoisotopic (exact) mass is 396 g/mol. The normalized spacial score (nSPS) is 13.7. The van der Waals surface area contributed by atoms with Gasteiger partial charge in [0.15, 0.2) is 0 Å². The highest BCUT2D eigenvalue weighted by molar-refractivity contribution is 6.36. The Kier molecular flexibility index (Phi) is 6.07. The van der Waals surface area contributed by atoms with Crippen LogP contribution in [-0.2, 0) is 9.59 Å². The third-order valence-electron chi connectivity index (χ3n) is 4.57. The molecule has 0 saturated carbocycles. The molecule has 2 amide bonds. The van der Waals surface area contributed by atoms with E-state index in [-0.39, 0.29) is 11.6 Å². The number of methoxy groups -OCH3 is 2. The molecule has 2 aromatic rings. The minimum Gasteiger partial charge on any atom is -0.497 e. The fraction of sp³-hybridized carbons (Fsp3) is 0.273. The predicted molar refractivity (Wildman–Crippen MR) is 110 cm³/mol. The number of hydrogen-bond acceptors (Lipinski definition) is 6. The van der Waals surface area contributed by atoms with E-state index >= 15 is 0 Å². The Morgan fingerprint density at radius 2 is 1.62 bits per heavy atom. The van der Waals surface area contributed by atoms with Gasteiger partial charge in [-0.1, -0.05) is 19.1 Å². The summed E-state index contributed by atoms with van der Waals surface area (Å²) in [4.78, 5) is 26.6. The summed E-state index contributed by atoms with van der Waals surface area (Å²) in [5.41, 5.74) is 1.63. The van der Waals surface area contributed by atoms with Gasteiger partial charge in [0.1, 0.15) is 22.9 Å². The van der Waals surface area contributed by atoms with Gasteiger partial charge in [-0.2, -0.15) is 0 Å². The van der Waals surface area contributed by atoms with Crippen molar-refractivity contribution in [2.75, 3.05) is 33.2 Å². The van der Waals surface area contributed by atoms with Crippen molar-refractivity contribution in [2.24, 2.45) is 0 Å². The Hall–Kier alpha value is -3.48. The second kappa shape index (κ2) is 8.68. The summed E-state index contributed by atoms with van der Waals surface area (Å²) in [6.45, 7) is 2.65. The molecule has 1 aliphatic rings. The zero-order valence-electron chi connectivity index (χ0n) is 16.9. The maximum Gasteiger partial charge on any atom is 0.277 e. The van der Waals surface area contributed by atoms with E-state index in [1.807, 2.05) is 6.92 Å². The number of nitrogens with zero attached hydrogens (tertiary/aromatic N) is 1. The fourth-order valence-electron chi connectivity index (χ4n) is 3.01. The molecule has 0 spiro atoms. The number of amides is 2. The lowest BCUT2D eigenvalue weighted by molar-refractivity contribution is -0.135. The molecule has 2 aromatic carbocycles. The lowest BCUT2D eigenvalue weighted by Gasteiger charge is -2.14. The average Bonchev–Trinajstić information content (AvgIpc) is 2.96. The van der Waals surface area contributed by atoms with Gasteiger partial charge < -0.3 is 19.5 Å². The number of likely N-dealkylation sites (N-methyl/N-ethyl adjacent to an activating group) is 1. The van der Waals surface area contributed by atoms with Gasteiger partial charge in [0, 0.05) is 13.1 Å². The third-order valence-corrected chi connectivity index (χ3v) is 4.57. The summed E-state index contributed by atoms with van der Waals surface area (Å²) < 4.78 is 16.2. The second-order valence-electron chi connectivity index (χ2n) is 6.48. The van der Waals surface area contributed by atoms with E-state index in [0.717, 1.165) is 11.3 Å². The lowest BCUT2D eigenvalue weighted by atomic mass is 10.0. The molecule has 29 heavy (non-hydrogen) atoms. The van der Waals surface area contributed by atoms with Crippen molar-refractivity contribution in [3.63, 3.8) is 0 Å². The first-order valence-corrected chi connectivity index (χ1v) is 9.29. The minimum absolute atomic E-state index is 0.186. The SMILES string of the molecule is CCCOc1ccc(C2=C(Nc3cc(OC)ccc3OC)C(=O)N(C)C2=O)cc1. The molecule has 3 rings (SSSR count). The number of carbonyl (C=O) groups excluding carboxylic acids is 2. The van der Waals surface area contributed by atoms with E-state index in [0.29, 0.717) is 40.7 Å². The molecule has 7 nitrogen and oxygen atoms in total. The van der Waals surface area contributed by atoms with E-state index in [4.69, 9.17) is 14.2 Å². The number of nitrogens with one attached hydrogen (secondary N) is 1. The minimum atomic E-state index is -0.416. The molecule has 1 heterocycles. The van der Waals surface area contributed by atoms with Crippen molar-refractivity contribution in [1.82, 2.24) is 4.90 Å². The molecule has 1 N–H and O–H groups in total. The smallest absolute Gasteiger partial charge is 0.277 e. The van der Waals surface area contributed by atoms with Crippen LogP contribution in [-0.4, -0.2) is 44.6 Å². The Morgan fingerprint density at radius 1 is 0.931 bits per heavy atom. The van der Waals surface area contributed by atoms with Crippen molar-refractivity contribution < 1.29 is 23.8 Å². The lowest BCUT2D eigenvalue weighted by Crippen LogP contribution is -2.28. The first-order valence-electron chi connectivity index (χ1n) is 9.29. The van der Waals surface area contributed by atoms with E-state index < -0.39 is 5.91 Å². The number of benzene rings is 2. The van der Waals surface area contributed by atoms with E-state index in [2.05, 4.69) is 5.32 Å². The third kappa shape index (κ3) is 4.03. The highest BCUT2D eigenvalue weighted by Crippen LogP contribution is 2.35. The summed E-state index contributed by atoms with van der Waals surface area (Å²) >= 11 is 0. The van der Waals surface area contributed by atoms with Crippen LogP contribution in [0.5, 0.6) is 17.2 Å². The zero-order valence-corrected chi connectivity index (χ0v) is 16.9. The highest BCUT2D eigenvalue weighted by atomic mass is 16.5. The molecule has 0 aromatic heterocycles. The van der Waals surface area contributed by atoms with E-state index in [1.165, 1.54) is 14.2 Å². The van der Waals surface area contributed by atoms with Crippen LogP contribution in [0.25, 0.3) is 5.57 Å². The predicted octanol–water partition coefficient (Wildman–Crippen LogP) is 3.31. The van der Waals surface area contributed by atoms with Crippen molar-refractivity contribution in [3.05, 3.63) is 53.7 Å². The molecule has 0 unspecified atom stereocenters. The fourth-order valence-corrected chi connectivity index (χ4v) is 3.01. The van der Waals surface area contributed by atoms with Gasteiger partial charge in [-0.15, -0.1) is 0 Å². The van der Waals surface area contributed by atoms with Crippen LogP contribution in [0.2, 0.25) is 0 Å². The Bertz CT molecular complexity index is 950. The Morgan fingerprint density at radius 3 is 2.24 bits per heavy atom. The summed E-state index contributed by atoms with van der Waals surface area (Å²) in [5.74, 6) is 1.04. The molecule has 0 radical (unpaired) electrons. The van der Waals surface area contributed by atoms with E-state index in [1.54, 1.807) is 49.6 Å². The molecule has 7 heteroatoms. The average molecular weight is 396 g/mol. The van der Waals surface area contributed by atoms with Crippen LogP contribution in [0, 0.1) is 0 Å². The summed E-state index contributed by atoms with van der Waals surface area (Å²) in [5, 5.41) is 3.07. The Labute approximate surface area is 169 Å². The molecule has 1 aliphatic heterocycles. The molecule has 0 aliphatic carbocycles. The quantitative estimate of drug-likeness (QED) is 0.690. The van der Waals surface area contributed by atoms with Gasteiger partial charge >= 0.3 is 0 Å². The first kappa shape index (κ1) is 20.3. The van der Waals surface area contributed by atoms with Crippen molar-refractivity contribution in [3.8, 4) is 17.2 Å². The second-order valence-corrected chi connectivity index (χ2v) is 6.48. The number of anilines is 1. The van der Waals surface area contributed by atoms with Gasteiger partial charge in [0.05, 0.1) is 32.1 Å². The molecule has 152 valence electrons. The Balaban J connectivity index is 2.02. The van der Waals surface area contributed by atoms with Crippen molar-refractivity contribution in [1.29, 1.82) is 0 Å². The van der Waals surface area contributed by atoms with Gasteiger partial charge in [0.25, 0.3) is 11.8 Å². The maximum atomic E-state index is 12.8. The van der Waals surface area contributed by atoms with Gasteiger partial charge in [-0.05, 0) is 36.2 Å². The van der Waals surface area contributed by atoms with Crippen LogP contribution in [0.1, 0.15) is 18.9 Å². The molecule has 0 fully saturated rings. The highest BCUT2D eigenvalue weighted by Gasteiger charge is 2.37. The number of ether oxygens (including phenoxy) is 3. The first-order chi connectivity index (χ1) is 14.0. The topological polar surface area (TPSA) is 77.1 Å². The molecular weight excluding hydrogens is 372 g/mol. The number of imide groups is 1. The van der Waals surface area contributed by atoms with Gasteiger partial charge in [0.2, 0.25) is 0 Å². The van der Waals surface area contributed by atoms with Crippen molar-refractivity contribution >= 4 is 23.1 Å². The molecule has 0 saturated heterocycles. The maximum absolute atomic E-state index is 12.8. The number of carbonyl (C=O) groups is 2. The van der Waals surface area contributed by atoms with Crippen LogP contribution < -0.4 is 19.5 Å². The largest absolute Gasteiger partial charge is 0.497 e. The van der Waals surface area contributed by atoms with Crippen molar-refractivity contribution in [2.45, 2.75) is 13.3 Å². The van der Waals surface area contributed by atoms with Crippen LogP contribution in [0.4, 0.5) is 5.69 Å². The number of rotatable bonds is 8. The molecular formula is C22H24N2O5. The zero-order chi connectivity index (χ0) is 21.0. The molecule has 0 atom stereocenters. The van der Waals surface area contributed by atoms with Gasteiger partial charge in [-0.3, -0.25) is 14.5 Å². The van der Waals surface area contributed by atoms with E-state index in [9.17, 15) is 9.59 Å². The van der Waals surface area contributed by atoms with Crippen LogP contribution in [0.15, 0.2) is 48.2 Å². The standard InChI is InChI=1S/C22H24N2O5/c1-5-12-29-15-8-6-14(7-9-15)19-20(22(26)24(2)21(19)25)23-17-13-16(27-3)10-11-18(17)28-4/h6-11,13,23H,5,12H2,1-4H3. The summed E-state index contributed by atoms with van der Waals surface area (Å²) in [6.07, 6.45) is 0.904. The summed E-state index contributed by atoms with van der Waals surface area (Å²) in [7, 11) is 4.54. The van der Waals surface area contributed by atoms with Gasteiger partial charge in [-0.25, -0.2) is 0 Å². The van der Waals surface area contributed by atoms with Crippen LogP contribution in [0.3, 0.4) is 0 Å². The number of hydrogen-bond donors (Lipinski definition) is 1. The molecule has 0 bridgehead atoms.